The maximum atomic E-state index is 13.1. The first-order valence-corrected chi connectivity index (χ1v) is 12.3. The van der Waals surface area contributed by atoms with Gasteiger partial charge < -0.3 is 15.2 Å². The van der Waals surface area contributed by atoms with Gasteiger partial charge in [-0.05, 0) is 48.2 Å². The molecule has 3 N–H and O–H groups in total. The van der Waals surface area contributed by atoms with Crippen LogP contribution in [0.25, 0.3) is 10.8 Å². The molecule has 0 aliphatic heterocycles. The molecular formula is C25H20ClN3O6S. The van der Waals surface area contributed by atoms with Crippen molar-refractivity contribution in [3.63, 3.8) is 0 Å². The van der Waals surface area contributed by atoms with Crippen molar-refractivity contribution in [3.8, 4) is 11.5 Å². The highest BCUT2D eigenvalue weighted by atomic mass is 35.5. The van der Waals surface area contributed by atoms with Gasteiger partial charge in [-0.25, -0.2) is 0 Å². The number of carbonyl (C=O) groups excluding carboxylic acids is 1. The first-order valence-electron chi connectivity index (χ1n) is 10.5. The lowest BCUT2D eigenvalue weighted by molar-refractivity contribution is 0.102. The Labute approximate surface area is 211 Å². The topological polar surface area (TPSA) is 138 Å². The van der Waals surface area contributed by atoms with Gasteiger partial charge in [0.25, 0.3) is 16.0 Å². The van der Waals surface area contributed by atoms with E-state index in [0.717, 1.165) is 0 Å². The molecular weight excluding hydrogens is 506 g/mol. The molecule has 0 radical (unpaired) electrons. The Kier molecular flexibility index (Phi) is 6.93. The third-order valence-corrected chi connectivity index (χ3v) is 6.84. The van der Waals surface area contributed by atoms with Crippen LogP contribution in [0.1, 0.15) is 15.9 Å². The molecule has 4 rings (SSSR count). The first kappa shape index (κ1) is 25.1. The molecule has 0 saturated heterocycles. The number of hydrogen-bond acceptors (Lipinski definition) is 7. The molecule has 4 aromatic rings. The van der Waals surface area contributed by atoms with Gasteiger partial charge in [-0.2, -0.15) is 8.42 Å². The lowest BCUT2D eigenvalue weighted by Gasteiger charge is -2.12. The summed E-state index contributed by atoms with van der Waals surface area (Å²) in [5.74, 6) is -0.529. The summed E-state index contributed by atoms with van der Waals surface area (Å²) < 4.78 is 38.8. The van der Waals surface area contributed by atoms with Gasteiger partial charge in [0.1, 0.15) is 22.0 Å². The predicted octanol–water partition coefficient (Wildman–Crippen LogP) is 6.43. The minimum atomic E-state index is -4.68. The van der Waals surface area contributed by atoms with Gasteiger partial charge >= 0.3 is 0 Å². The number of hydrogen-bond donors (Lipinski definition) is 3. The van der Waals surface area contributed by atoms with Crippen LogP contribution in [-0.4, -0.2) is 31.1 Å². The zero-order valence-corrected chi connectivity index (χ0v) is 20.6. The van der Waals surface area contributed by atoms with Gasteiger partial charge in [0, 0.05) is 22.2 Å². The Morgan fingerprint density at radius 3 is 2.50 bits per heavy atom. The summed E-state index contributed by atoms with van der Waals surface area (Å²) in [5, 5.41) is 23.0. The fourth-order valence-electron chi connectivity index (χ4n) is 3.65. The Balaban J connectivity index is 1.83. The molecule has 0 aliphatic carbocycles. The van der Waals surface area contributed by atoms with E-state index < -0.39 is 26.7 Å². The summed E-state index contributed by atoms with van der Waals surface area (Å²) in [5.41, 5.74) is 0.222. The Bertz CT molecular complexity index is 1640. The van der Waals surface area contributed by atoms with Crippen LogP contribution in [0.4, 0.5) is 17.1 Å². The van der Waals surface area contributed by atoms with E-state index in [9.17, 15) is 22.9 Å². The lowest BCUT2D eigenvalue weighted by Crippen LogP contribution is -2.12. The quantitative estimate of drug-likeness (QED) is 0.196. The molecule has 0 fully saturated rings. The minimum Gasteiger partial charge on any atom is -0.505 e. The highest BCUT2D eigenvalue weighted by Crippen LogP contribution is 2.41. The number of aromatic hydroxyl groups is 1. The summed E-state index contributed by atoms with van der Waals surface area (Å²) in [7, 11) is -3.18. The van der Waals surface area contributed by atoms with Crippen LogP contribution in [-0.2, 0) is 10.1 Å². The van der Waals surface area contributed by atoms with E-state index in [1.165, 1.54) is 32.2 Å². The third-order valence-electron chi connectivity index (χ3n) is 5.40. The van der Waals surface area contributed by atoms with E-state index in [4.69, 9.17) is 16.3 Å². The number of nitrogens with zero attached hydrogens (tertiary/aromatic N) is 2. The van der Waals surface area contributed by atoms with Crippen molar-refractivity contribution in [1.29, 1.82) is 0 Å². The van der Waals surface area contributed by atoms with E-state index in [-0.39, 0.29) is 27.5 Å². The fraction of sp³-hybridized carbons (Fsp3) is 0.0800. The van der Waals surface area contributed by atoms with Gasteiger partial charge in [0.05, 0.1) is 12.7 Å². The molecule has 0 aromatic heterocycles. The SMILES string of the molecule is COc1cccc(NC(=O)c2cc3ccccc3c(N=Nc3ccc(Cl)c(C)c3S(=O)(=O)O)c2O)c1. The minimum absolute atomic E-state index is 0.0576. The number of fused-ring (bicyclic) bond motifs is 1. The van der Waals surface area contributed by atoms with Crippen molar-refractivity contribution < 1.29 is 27.6 Å². The second-order valence-corrected chi connectivity index (χ2v) is 9.49. The number of halogens is 1. The van der Waals surface area contributed by atoms with Crippen LogP contribution < -0.4 is 10.1 Å². The van der Waals surface area contributed by atoms with Crippen molar-refractivity contribution in [2.45, 2.75) is 11.8 Å². The maximum absolute atomic E-state index is 13.1. The van der Waals surface area contributed by atoms with Crippen LogP contribution >= 0.6 is 11.6 Å². The number of ether oxygens (including phenoxy) is 1. The van der Waals surface area contributed by atoms with Crippen molar-refractivity contribution >= 4 is 55.5 Å². The number of phenols is 1. The molecule has 0 saturated carbocycles. The van der Waals surface area contributed by atoms with Gasteiger partial charge in [-0.15, -0.1) is 10.2 Å². The molecule has 0 aliphatic rings. The van der Waals surface area contributed by atoms with Gasteiger partial charge in [0.2, 0.25) is 0 Å². The van der Waals surface area contributed by atoms with E-state index in [1.807, 2.05) is 0 Å². The van der Waals surface area contributed by atoms with Crippen molar-refractivity contribution in [1.82, 2.24) is 0 Å². The molecule has 36 heavy (non-hydrogen) atoms. The number of rotatable bonds is 6. The van der Waals surface area contributed by atoms with Gasteiger partial charge in [0.15, 0.2) is 5.75 Å². The highest BCUT2D eigenvalue weighted by molar-refractivity contribution is 7.86. The number of azo groups is 1. The fourth-order valence-corrected chi connectivity index (χ4v) is 4.74. The molecule has 0 heterocycles. The number of anilines is 1. The standard InChI is InChI=1S/C25H20ClN3O6S/c1-14-20(26)10-11-21(24(14)36(32,33)34)28-29-22-18-9-4-3-6-15(18)12-19(23(22)30)25(31)27-16-7-5-8-17(13-16)35-2/h3-13,30H,1-2H3,(H,27,31)(H,32,33,34). The molecule has 4 aromatic carbocycles. The average molecular weight is 526 g/mol. The van der Waals surface area contributed by atoms with E-state index in [1.54, 1.807) is 48.5 Å². The number of amides is 1. The molecule has 184 valence electrons. The molecule has 0 spiro atoms. The summed E-state index contributed by atoms with van der Waals surface area (Å²) >= 11 is 6.01. The zero-order chi connectivity index (χ0) is 26.0. The first-order chi connectivity index (χ1) is 17.1. The third kappa shape index (κ3) is 5.01. The Morgan fingerprint density at radius 1 is 1.03 bits per heavy atom. The maximum Gasteiger partial charge on any atom is 0.297 e. The van der Waals surface area contributed by atoms with Crippen LogP contribution in [0, 0.1) is 6.92 Å². The molecule has 11 heteroatoms. The lowest BCUT2D eigenvalue weighted by atomic mass is 10.0. The average Bonchev–Trinajstić information content (AvgIpc) is 2.84. The van der Waals surface area contributed by atoms with Crippen LogP contribution in [0.5, 0.6) is 11.5 Å². The van der Waals surface area contributed by atoms with E-state index in [2.05, 4.69) is 15.5 Å². The Hall–Kier alpha value is -3.99. The van der Waals surface area contributed by atoms with E-state index >= 15 is 0 Å². The van der Waals surface area contributed by atoms with Crippen molar-refractivity contribution in [2.75, 3.05) is 12.4 Å². The van der Waals surface area contributed by atoms with Crippen molar-refractivity contribution in [3.05, 3.63) is 82.9 Å². The van der Waals surface area contributed by atoms with Crippen molar-refractivity contribution in [2.24, 2.45) is 10.2 Å². The summed E-state index contributed by atoms with van der Waals surface area (Å²) in [4.78, 5) is 12.6. The molecule has 1 amide bonds. The molecule has 0 atom stereocenters. The van der Waals surface area contributed by atoms with Gasteiger partial charge in [-0.1, -0.05) is 41.9 Å². The van der Waals surface area contributed by atoms with Gasteiger partial charge in [-0.3, -0.25) is 9.35 Å². The predicted molar refractivity (Wildman–Crippen MR) is 137 cm³/mol. The largest absolute Gasteiger partial charge is 0.505 e. The molecule has 0 bridgehead atoms. The van der Waals surface area contributed by atoms with Crippen LogP contribution in [0.2, 0.25) is 5.02 Å². The summed E-state index contributed by atoms with van der Waals surface area (Å²) in [6.07, 6.45) is 0. The number of benzene rings is 4. The summed E-state index contributed by atoms with van der Waals surface area (Å²) in [6, 6.07) is 17.8. The molecule has 0 unspecified atom stereocenters. The number of methoxy groups -OCH3 is 1. The molecule has 9 nitrogen and oxygen atoms in total. The number of nitrogens with one attached hydrogen (secondary N) is 1. The monoisotopic (exact) mass is 525 g/mol. The van der Waals surface area contributed by atoms with Crippen LogP contribution in [0.15, 0.2) is 81.9 Å². The highest BCUT2D eigenvalue weighted by Gasteiger charge is 2.22. The summed E-state index contributed by atoms with van der Waals surface area (Å²) in [6.45, 7) is 1.42. The number of carbonyl (C=O) groups is 1. The second-order valence-electron chi connectivity index (χ2n) is 7.72. The Morgan fingerprint density at radius 2 is 1.78 bits per heavy atom. The van der Waals surface area contributed by atoms with Crippen LogP contribution in [0.3, 0.4) is 0 Å². The second kappa shape index (κ2) is 9.94. The smallest absolute Gasteiger partial charge is 0.297 e. The normalized spacial score (nSPS) is 11.7. The van der Waals surface area contributed by atoms with E-state index in [0.29, 0.717) is 22.2 Å². The zero-order valence-electron chi connectivity index (χ0n) is 19.1. The number of phenolic OH excluding ortho intramolecular Hbond substituents is 1.